The number of halogens is 4. The lowest BCUT2D eigenvalue weighted by molar-refractivity contribution is 0.0232. The third-order valence-electron chi connectivity index (χ3n) is 7.86. The summed E-state index contributed by atoms with van der Waals surface area (Å²) in [6.07, 6.45) is 0. The first-order chi connectivity index (χ1) is 26.0. The van der Waals surface area contributed by atoms with E-state index in [1.165, 1.54) is 15.7 Å². The van der Waals surface area contributed by atoms with Crippen molar-refractivity contribution in [3.05, 3.63) is 184 Å². The topological polar surface area (TPSA) is 101 Å². The Bertz CT molecular complexity index is 2050. The highest BCUT2D eigenvalue weighted by Gasteiger charge is 2.15. The van der Waals surface area contributed by atoms with Crippen LogP contribution in [0, 0.1) is 26.8 Å². The van der Waals surface area contributed by atoms with E-state index in [-0.39, 0.29) is 18.1 Å². The first-order valence-electron chi connectivity index (χ1n) is 16.6. The van der Waals surface area contributed by atoms with Gasteiger partial charge in [-0.3, -0.25) is 19.3 Å². The SMILES string of the molecule is Cc1cc(I)ccc1Nc1ccc(Br)cc1C(=O)NOCc1ccccc1.Cc1cc(I)ccc1Nc1ccc(F)cc1C(=O)NOCc1ccccc1. The lowest BCUT2D eigenvalue weighted by atomic mass is 10.1. The smallest absolute Gasteiger partial charge is 0.277 e. The number of hydrogen-bond acceptors (Lipinski definition) is 6. The Balaban J connectivity index is 0.000000208. The normalized spacial score (nSPS) is 10.5. The average molecular weight is 1010 g/mol. The molecule has 276 valence electrons. The minimum Gasteiger partial charge on any atom is -0.355 e. The van der Waals surface area contributed by atoms with E-state index in [0.717, 1.165) is 41.7 Å². The highest BCUT2D eigenvalue weighted by Crippen LogP contribution is 2.28. The summed E-state index contributed by atoms with van der Waals surface area (Å²) in [6, 6.07) is 40.7. The molecular formula is C42H36BrFI2N4O4. The fourth-order valence-corrected chi connectivity index (χ4v) is 6.73. The maximum atomic E-state index is 13.7. The van der Waals surface area contributed by atoms with E-state index >= 15 is 0 Å². The number of nitrogens with one attached hydrogen (secondary N) is 4. The van der Waals surface area contributed by atoms with Gasteiger partial charge in [0.1, 0.15) is 5.82 Å². The molecule has 0 radical (unpaired) electrons. The number of aryl methyl sites for hydroxylation is 2. The highest BCUT2D eigenvalue weighted by atomic mass is 127. The average Bonchev–Trinajstić information content (AvgIpc) is 3.16. The molecule has 12 heteroatoms. The molecule has 6 rings (SSSR count). The van der Waals surface area contributed by atoms with Crippen molar-refractivity contribution in [1.29, 1.82) is 0 Å². The molecule has 0 aliphatic heterocycles. The van der Waals surface area contributed by atoms with Gasteiger partial charge in [0.25, 0.3) is 11.8 Å². The Morgan fingerprint density at radius 2 is 1.00 bits per heavy atom. The molecule has 4 N–H and O–H groups in total. The fraction of sp³-hybridized carbons (Fsp3) is 0.0952. The van der Waals surface area contributed by atoms with Gasteiger partial charge < -0.3 is 10.6 Å². The molecule has 0 aliphatic rings. The van der Waals surface area contributed by atoms with Crippen molar-refractivity contribution in [2.45, 2.75) is 27.1 Å². The summed E-state index contributed by atoms with van der Waals surface area (Å²) in [4.78, 5) is 35.8. The van der Waals surface area contributed by atoms with Gasteiger partial charge in [-0.1, -0.05) is 76.6 Å². The van der Waals surface area contributed by atoms with E-state index in [4.69, 9.17) is 9.68 Å². The first kappa shape index (κ1) is 40.8. The number of anilines is 4. The lowest BCUT2D eigenvalue weighted by Gasteiger charge is -2.15. The Hall–Kier alpha value is -4.35. The Morgan fingerprint density at radius 3 is 1.46 bits per heavy atom. The molecule has 0 saturated heterocycles. The maximum absolute atomic E-state index is 13.7. The van der Waals surface area contributed by atoms with Crippen molar-refractivity contribution in [3.8, 4) is 0 Å². The minimum atomic E-state index is -0.518. The van der Waals surface area contributed by atoms with Gasteiger partial charge in [-0.25, -0.2) is 15.4 Å². The summed E-state index contributed by atoms with van der Waals surface area (Å²) in [5, 5.41) is 6.54. The van der Waals surface area contributed by atoms with Crippen LogP contribution in [0.4, 0.5) is 27.1 Å². The van der Waals surface area contributed by atoms with E-state index in [1.54, 1.807) is 12.1 Å². The monoisotopic (exact) mass is 1010 g/mol. The summed E-state index contributed by atoms with van der Waals surface area (Å²) in [5.41, 5.74) is 12.6. The zero-order chi connectivity index (χ0) is 38.5. The van der Waals surface area contributed by atoms with Gasteiger partial charge in [0, 0.05) is 23.0 Å². The zero-order valence-electron chi connectivity index (χ0n) is 29.3. The first-order valence-corrected chi connectivity index (χ1v) is 19.6. The molecule has 0 atom stereocenters. The summed E-state index contributed by atoms with van der Waals surface area (Å²) >= 11 is 7.95. The van der Waals surface area contributed by atoms with Crippen molar-refractivity contribution in [1.82, 2.24) is 11.0 Å². The van der Waals surface area contributed by atoms with Crippen LogP contribution in [0.3, 0.4) is 0 Å². The van der Waals surface area contributed by atoms with Crippen LogP contribution >= 0.6 is 61.1 Å². The lowest BCUT2D eigenvalue weighted by Crippen LogP contribution is -2.24. The number of carbonyl (C=O) groups is 2. The Labute approximate surface area is 349 Å². The van der Waals surface area contributed by atoms with Crippen LogP contribution in [0.5, 0.6) is 0 Å². The summed E-state index contributed by atoms with van der Waals surface area (Å²) < 4.78 is 16.8. The number of rotatable bonds is 12. The molecule has 0 saturated carbocycles. The second-order valence-corrected chi connectivity index (χ2v) is 15.4. The van der Waals surface area contributed by atoms with Crippen LogP contribution in [0.15, 0.2) is 138 Å². The number of hydroxylamine groups is 2. The number of hydrogen-bond donors (Lipinski definition) is 4. The van der Waals surface area contributed by atoms with E-state index in [9.17, 15) is 14.0 Å². The van der Waals surface area contributed by atoms with Crippen LogP contribution in [-0.2, 0) is 22.9 Å². The van der Waals surface area contributed by atoms with Crippen LogP contribution in [0.25, 0.3) is 0 Å². The molecule has 2 amide bonds. The number of carbonyl (C=O) groups excluding carboxylic acids is 2. The Kier molecular flexibility index (Phi) is 15.4. The summed E-state index contributed by atoms with van der Waals surface area (Å²) in [6.45, 7) is 4.53. The second kappa shape index (κ2) is 20.4. The minimum absolute atomic E-state index is 0.168. The predicted octanol–water partition coefficient (Wildman–Crippen LogP) is 11.3. The molecule has 6 aromatic carbocycles. The van der Waals surface area contributed by atoms with Crippen molar-refractivity contribution < 1.29 is 23.7 Å². The number of benzene rings is 6. The number of amides is 2. The molecule has 0 unspecified atom stereocenters. The van der Waals surface area contributed by atoms with Gasteiger partial charge in [0.2, 0.25) is 0 Å². The third kappa shape index (κ3) is 12.3. The zero-order valence-corrected chi connectivity index (χ0v) is 35.2. The van der Waals surface area contributed by atoms with Crippen molar-refractivity contribution in [3.63, 3.8) is 0 Å². The molecule has 54 heavy (non-hydrogen) atoms. The third-order valence-corrected chi connectivity index (χ3v) is 9.70. The van der Waals surface area contributed by atoms with Gasteiger partial charge in [-0.2, -0.15) is 0 Å². The van der Waals surface area contributed by atoms with Crippen LogP contribution in [-0.4, -0.2) is 11.8 Å². The van der Waals surface area contributed by atoms with Crippen LogP contribution < -0.4 is 21.6 Å². The van der Waals surface area contributed by atoms with E-state index in [1.807, 2.05) is 117 Å². The molecule has 0 fully saturated rings. The molecular weight excluding hydrogens is 977 g/mol. The molecule has 0 aromatic heterocycles. The molecule has 0 bridgehead atoms. The molecule has 8 nitrogen and oxygen atoms in total. The predicted molar refractivity (Wildman–Crippen MR) is 232 cm³/mol. The molecule has 0 aliphatic carbocycles. The molecule has 0 heterocycles. The van der Waals surface area contributed by atoms with Gasteiger partial charge >= 0.3 is 0 Å². The van der Waals surface area contributed by atoms with E-state index < -0.39 is 11.7 Å². The summed E-state index contributed by atoms with van der Waals surface area (Å²) in [5.74, 6) is -1.32. The van der Waals surface area contributed by atoms with Crippen molar-refractivity contribution in [2.24, 2.45) is 0 Å². The molecule has 6 aromatic rings. The van der Waals surface area contributed by atoms with E-state index in [0.29, 0.717) is 23.5 Å². The van der Waals surface area contributed by atoms with Gasteiger partial charge in [0.15, 0.2) is 0 Å². The van der Waals surface area contributed by atoms with Crippen molar-refractivity contribution in [2.75, 3.05) is 10.6 Å². The standard InChI is InChI=1S/C21H18BrIN2O2.C21H18FIN2O2/c2*1-14-11-17(23)8-10-19(14)24-20-9-7-16(22)12-18(20)21(26)25-27-13-15-5-3-2-4-6-15/h2*2-12,24H,13H2,1H3,(H,25,26). The largest absolute Gasteiger partial charge is 0.355 e. The molecule has 0 spiro atoms. The van der Waals surface area contributed by atoms with E-state index in [2.05, 4.69) is 88.8 Å². The van der Waals surface area contributed by atoms with Crippen molar-refractivity contribution >= 4 is 95.7 Å². The van der Waals surface area contributed by atoms with Crippen LogP contribution in [0.1, 0.15) is 43.0 Å². The highest BCUT2D eigenvalue weighted by molar-refractivity contribution is 14.1. The van der Waals surface area contributed by atoms with Gasteiger partial charge in [0.05, 0.1) is 35.7 Å². The summed E-state index contributed by atoms with van der Waals surface area (Å²) in [7, 11) is 0. The van der Waals surface area contributed by atoms with Gasteiger partial charge in [-0.05, 0) is 154 Å². The second-order valence-electron chi connectivity index (χ2n) is 12.0. The maximum Gasteiger partial charge on any atom is 0.277 e. The van der Waals surface area contributed by atoms with Crippen LogP contribution in [0.2, 0.25) is 0 Å². The quantitative estimate of drug-likeness (QED) is 0.0720. The van der Waals surface area contributed by atoms with Gasteiger partial charge in [-0.15, -0.1) is 0 Å². The fourth-order valence-electron chi connectivity index (χ4n) is 5.08. The Morgan fingerprint density at radius 1 is 0.574 bits per heavy atom.